The van der Waals surface area contributed by atoms with Gasteiger partial charge in [-0.25, -0.2) is 0 Å². The Kier molecular flexibility index (Phi) is 5.12. The number of carbonyl (C=O) groups excluding carboxylic acids is 1. The Hall–Kier alpha value is -1.22. The number of benzene rings is 1. The van der Waals surface area contributed by atoms with Crippen molar-refractivity contribution in [3.05, 3.63) is 42.0 Å². The molecule has 3 heteroatoms. The quantitative estimate of drug-likeness (QED) is 0.799. The van der Waals surface area contributed by atoms with Gasteiger partial charge < -0.3 is 4.90 Å². The molecule has 0 aliphatic carbocycles. The second-order valence-electron chi connectivity index (χ2n) is 3.75. The van der Waals surface area contributed by atoms with Gasteiger partial charge in [0.15, 0.2) is 0 Å². The molecule has 0 saturated carbocycles. The van der Waals surface area contributed by atoms with Gasteiger partial charge in [0.25, 0.3) is 5.24 Å². The van der Waals surface area contributed by atoms with Crippen LogP contribution < -0.4 is 0 Å². The molecule has 0 fully saturated rings. The van der Waals surface area contributed by atoms with Crippen LogP contribution in [0.5, 0.6) is 0 Å². The third-order valence-corrected chi connectivity index (χ3v) is 3.11. The fourth-order valence-electron chi connectivity index (χ4n) is 1.11. The lowest BCUT2D eigenvalue weighted by molar-refractivity contribution is 0.241. The number of carbonyl (C=O) groups is 1. The van der Waals surface area contributed by atoms with E-state index in [0.29, 0.717) is 0 Å². The lowest BCUT2D eigenvalue weighted by Crippen LogP contribution is -2.18. The Morgan fingerprint density at radius 1 is 1.31 bits per heavy atom. The van der Waals surface area contributed by atoms with Crippen LogP contribution in [-0.2, 0) is 0 Å². The van der Waals surface area contributed by atoms with Crippen molar-refractivity contribution in [2.45, 2.75) is 12.2 Å². The Morgan fingerprint density at radius 2 is 1.94 bits per heavy atom. The first kappa shape index (κ1) is 12.8. The molecule has 1 amide bonds. The molecule has 16 heavy (non-hydrogen) atoms. The normalized spacial score (nSPS) is 12.7. The third-order valence-electron chi connectivity index (χ3n) is 2.01. The minimum Gasteiger partial charge on any atom is -0.340 e. The molecule has 0 bridgehead atoms. The first-order chi connectivity index (χ1) is 7.59. The van der Waals surface area contributed by atoms with Crippen molar-refractivity contribution in [2.75, 3.05) is 14.1 Å². The van der Waals surface area contributed by atoms with Gasteiger partial charge in [-0.1, -0.05) is 54.2 Å². The Morgan fingerprint density at radius 3 is 2.50 bits per heavy atom. The second-order valence-corrected chi connectivity index (χ2v) is 5.08. The number of hydrogen-bond donors (Lipinski definition) is 0. The summed E-state index contributed by atoms with van der Waals surface area (Å²) in [5.41, 5.74) is 1.16. The molecule has 1 atom stereocenters. The highest BCUT2D eigenvalue weighted by Gasteiger charge is 2.08. The van der Waals surface area contributed by atoms with E-state index >= 15 is 0 Å². The van der Waals surface area contributed by atoms with Crippen molar-refractivity contribution >= 4 is 23.1 Å². The molecule has 0 aromatic heterocycles. The summed E-state index contributed by atoms with van der Waals surface area (Å²) in [7, 11) is 3.53. The lowest BCUT2D eigenvalue weighted by atomic mass is 10.2. The van der Waals surface area contributed by atoms with E-state index in [2.05, 4.69) is 0 Å². The van der Waals surface area contributed by atoms with E-state index in [1.54, 1.807) is 19.0 Å². The fraction of sp³-hybridized carbons (Fsp3) is 0.308. The minimum absolute atomic E-state index is 0.0882. The summed E-state index contributed by atoms with van der Waals surface area (Å²) in [5.74, 6) is 0. The van der Waals surface area contributed by atoms with Crippen LogP contribution in [0.15, 0.2) is 36.4 Å². The highest BCUT2D eigenvalue weighted by Crippen LogP contribution is 2.16. The molecule has 0 N–H and O–H groups in total. The van der Waals surface area contributed by atoms with Crippen LogP contribution in [0.4, 0.5) is 4.79 Å². The molecule has 1 rings (SSSR count). The molecule has 1 unspecified atom stereocenters. The Labute approximate surface area is 101 Å². The van der Waals surface area contributed by atoms with Gasteiger partial charge in [0.1, 0.15) is 0 Å². The zero-order chi connectivity index (χ0) is 12.0. The van der Waals surface area contributed by atoms with E-state index in [-0.39, 0.29) is 10.5 Å². The van der Waals surface area contributed by atoms with E-state index in [9.17, 15) is 4.79 Å². The van der Waals surface area contributed by atoms with Crippen LogP contribution >= 0.6 is 11.8 Å². The van der Waals surface area contributed by atoms with Crippen molar-refractivity contribution < 1.29 is 4.79 Å². The summed E-state index contributed by atoms with van der Waals surface area (Å²) in [5, 5.41) is 0.278. The van der Waals surface area contributed by atoms with Crippen molar-refractivity contribution in [1.82, 2.24) is 4.90 Å². The zero-order valence-electron chi connectivity index (χ0n) is 9.88. The van der Waals surface area contributed by atoms with E-state index in [1.165, 1.54) is 11.8 Å². The van der Waals surface area contributed by atoms with Crippen molar-refractivity contribution in [3.8, 4) is 0 Å². The van der Waals surface area contributed by atoms with Gasteiger partial charge in [0.2, 0.25) is 0 Å². The molecule has 0 aliphatic rings. The van der Waals surface area contributed by atoms with Crippen LogP contribution in [0.2, 0.25) is 0 Å². The molecule has 1 aromatic rings. The molecule has 86 valence electrons. The molecule has 0 radical (unpaired) electrons. The number of nitrogens with zero attached hydrogens (tertiary/aromatic N) is 1. The molecule has 2 nitrogen and oxygen atoms in total. The molecular weight excluding hydrogens is 218 g/mol. The first-order valence-electron chi connectivity index (χ1n) is 5.21. The van der Waals surface area contributed by atoms with E-state index < -0.39 is 0 Å². The topological polar surface area (TPSA) is 20.3 Å². The highest BCUT2D eigenvalue weighted by molar-refractivity contribution is 8.14. The maximum atomic E-state index is 11.4. The zero-order valence-corrected chi connectivity index (χ0v) is 10.7. The second kappa shape index (κ2) is 6.38. The Balaban J connectivity index is 2.49. The third kappa shape index (κ3) is 4.53. The molecular formula is C13H17NOS. The van der Waals surface area contributed by atoms with Crippen molar-refractivity contribution in [1.29, 1.82) is 0 Å². The van der Waals surface area contributed by atoms with E-state index in [4.69, 9.17) is 0 Å². The predicted molar refractivity (Wildman–Crippen MR) is 71.6 cm³/mol. The lowest BCUT2D eigenvalue weighted by Gasteiger charge is -2.11. The van der Waals surface area contributed by atoms with Crippen LogP contribution in [0.25, 0.3) is 6.08 Å². The maximum Gasteiger partial charge on any atom is 0.281 e. The molecule has 0 aliphatic heterocycles. The largest absolute Gasteiger partial charge is 0.340 e. The average Bonchev–Trinajstić information content (AvgIpc) is 2.27. The summed E-state index contributed by atoms with van der Waals surface area (Å²) < 4.78 is 0. The predicted octanol–water partition coefficient (Wildman–Crippen LogP) is 3.50. The van der Waals surface area contributed by atoms with Gasteiger partial charge in [-0.2, -0.15) is 0 Å². The smallest absolute Gasteiger partial charge is 0.281 e. The molecule has 0 heterocycles. The average molecular weight is 235 g/mol. The van der Waals surface area contributed by atoms with Gasteiger partial charge in [0.05, 0.1) is 0 Å². The fourth-order valence-corrected chi connectivity index (χ4v) is 1.80. The monoisotopic (exact) mass is 235 g/mol. The van der Waals surface area contributed by atoms with Crippen LogP contribution in [0, 0.1) is 0 Å². The minimum atomic E-state index is 0.0882. The summed E-state index contributed by atoms with van der Waals surface area (Å²) in [6, 6.07) is 10.1. The molecule has 1 aromatic carbocycles. The number of hydrogen-bond acceptors (Lipinski definition) is 2. The molecule has 0 saturated heterocycles. The summed E-state index contributed by atoms with van der Waals surface area (Å²) >= 11 is 1.33. The summed E-state index contributed by atoms with van der Waals surface area (Å²) in [6.07, 6.45) is 4.09. The molecule has 0 spiro atoms. The van der Waals surface area contributed by atoms with E-state index in [1.807, 2.05) is 49.4 Å². The summed E-state index contributed by atoms with van der Waals surface area (Å²) in [6.45, 7) is 2.02. The maximum absolute atomic E-state index is 11.4. The summed E-state index contributed by atoms with van der Waals surface area (Å²) in [4.78, 5) is 13.0. The van der Waals surface area contributed by atoms with Crippen molar-refractivity contribution in [3.63, 3.8) is 0 Å². The first-order valence-corrected chi connectivity index (χ1v) is 6.09. The number of thioether (sulfide) groups is 1. The number of amides is 1. The van der Waals surface area contributed by atoms with Crippen LogP contribution in [0.3, 0.4) is 0 Å². The van der Waals surface area contributed by atoms with Crippen LogP contribution in [-0.4, -0.2) is 29.5 Å². The van der Waals surface area contributed by atoms with Gasteiger partial charge in [-0.05, 0) is 12.5 Å². The van der Waals surface area contributed by atoms with Gasteiger partial charge in [-0.3, -0.25) is 4.79 Å². The van der Waals surface area contributed by atoms with Gasteiger partial charge >= 0.3 is 0 Å². The SMILES string of the molecule is CC(/C=C/c1ccccc1)SC(=O)N(C)C. The van der Waals surface area contributed by atoms with Crippen molar-refractivity contribution in [2.24, 2.45) is 0 Å². The highest BCUT2D eigenvalue weighted by atomic mass is 32.2. The van der Waals surface area contributed by atoms with E-state index in [0.717, 1.165) is 5.56 Å². The number of rotatable bonds is 3. The van der Waals surface area contributed by atoms with Gasteiger partial charge in [-0.15, -0.1) is 0 Å². The standard InChI is InChI=1S/C13H17NOS/c1-11(16-13(15)14(2)3)9-10-12-7-5-4-6-8-12/h4-11H,1-3H3/b10-9+. The van der Waals surface area contributed by atoms with Gasteiger partial charge in [0, 0.05) is 19.3 Å². The van der Waals surface area contributed by atoms with Crippen LogP contribution in [0.1, 0.15) is 12.5 Å². The Bertz CT molecular complexity index is 359.